The number of ether oxygens (including phenoxy) is 1. The van der Waals surface area contributed by atoms with Crippen molar-refractivity contribution >= 4 is 12.1 Å². The van der Waals surface area contributed by atoms with Gasteiger partial charge in [0.25, 0.3) is 0 Å². The molecule has 1 aromatic rings. The molecule has 1 amide bonds. The highest BCUT2D eigenvalue weighted by atomic mass is 16.6. The summed E-state index contributed by atoms with van der Waals surface area (Å²) in [6.45, 7) is 12.0. The smallest absolute Gasteiger partial charge is 0.408 e. The van der Waals surface area contributed by atoms with Crippen LogP contribution in [0.4, 0.5) is 4.79 Å². The Hall–Kier alpha value is -2.32. The van der Waals surface area contributed by atoms with E-state index in [1.165, 1.54) is 0 Å². The SMILES string of the molecule is CCC(CC)(CNC(=NC)NCCCCn1cnnc1)NC(=O)OC(C)(C)C. The van der Waals surface area contributed by atoms with Crippen LogP contribution in [0.3, 0.4) is 0 Å². The van der Waals surface area contributed by atoms with Crippen LogP contribution in [-0.4, -0.2) is 58.1 Å². The van der Waals surface area contributed by atoms with Gasteiger partial charge in [0, 0.05) is 26.7 Å². The molecular formula is C19H37N7O2. The van der Waals surface area contributed by atoms with Crippen LogP contribution in [0.15, 0.2) is 17.6 Å². The van der Waals surface area contributed by atoms with Crippen molar-refractivity contribution in [1.29, 1.82) is 0 Å². The van der Waals surface area contributed by atoms with Crippen LogP contribution in [0, 0.1) is 0 Å². The summed E-state index contributed by atoms with van der Waals surface area (Å²) in [6.07, 6.45) is 6.64. The predicted molar refractivity (Wildman–Crippen MR) is 111 cm³/mol. The standard InChI is InChI=1S/C19H37N7O2/c1-7-19(8-2,25-17(27)28-18(3,4)5)13-22-16(20-6)21-11-9-10-12-26-14-23-24-15-26/h14-15H,7-13H2,1-6H3,(H,25,27)(H2,20,21,22). The van der Waals surface area contributed by atoms with E-state index < -0.39 is 17.2 Å². The number of aromatic nitrogens is 3. The number of alkyl carbamates (subject to hydrolysis) is 1. The van der Waals surface area contributed by atoms with E-state index in [0.29, 0.717) is 6.54 Å². The molecule has 160 valence electrons. The summed E-state index contributed by atoms with van der Waals surface area (Å²) in [4.78, 5) is 16.5. The van der Waals surface area contributed by atoms with Crippen molar-refractivity contribution in [3.8, 4) is 0 Å². The van der Waals surface area contributed by atoms with Crippen LogP contribution in [0.2, 0.25) is 0 Å². The molecule has 0 aliphatic rings. The molecule has 0 saturated carbocycles. The molecule has 0 aliphatic carbocycles. The van der Waals surface area contributed by atoms with E-state index in [2.05, 4.69) is 45.0 Å². The molecule has 28 heavy (non-hydrogen) atoms. The number of nitrogens with one attached hydrogen (secondary N) is 3. The number of aryl methyl sites for hydroxylation is 1. The van der Waals surface area contributed by atoms with Crippen LogP contribution in [0.25, 0.3) is 0 Å². The van der Waals surface area contributed by atoms with Gasteiger partial charge in [0.05, 0.1) is 5.54 Å². The molecule has 1 heterocycles. The summed E-state index contributed by atoms with van der Waals surface area (Å²) in [5, 5.41) is 17.3. The molecule has 0 aliphatic heterocycles. The van der Waals surface area contributed by atoms with Crippen LogP contribution in [-0.2, 0) is 11.3 Å². The molecule has 1 aromatic heterocycles. The Morgan fingerprint density at radius 1 is 1.11 bits per heavy atom. The fourth-order valence-corrected chi connectivity index (χ4v) is 2.68. The maximum atomic E-state index is 12.2. The van der Waals surface area contributed by atoms with Crippen molar-refractivity contribution in [2.24, 2.45) is 4.99 Å². The second-order valence-corrected chi connectivity index (χ2v) is 7.87. The summed E-state index contributed by atoms with van der Waals surface area (Å²) < 4.78 is 7.38. The molecule has 0 spiro atoms. The first kappa shape index (κ1) is 23.7. The molecule has 3 N–H and O–H groups in total. The van der Waals surface area contributed by atoms with E-state index >= 15 is 0 Å². The van der Waals surface area contributed by atoms with Gasteiger partial charge in [-0.3, -0.25) is 4.99 Å². The van der Waals surface area contributed by atoms with Gasteiger partial charge in [-0.15, -0.1) is 10.2 Å². The van der Waals surface area contributed by atoms with E-state index in [1.807, 2.05) is 25.3 Å². The zero-order valence-corrected chi connectivity index (χ0v) is 18.2. The van der Waals surface area contributed by atoms with Crippen LogP contribution in [0.5, 0.6) is 0 Å². The maximum absolute atomic E-state index is 12.2. The molecule has 0 aromatic carbocycles. The average molecular weight is 396 g/mol. The summed E-state index contributed by atoms with van der Waals surface area (Å²) >= 11 is 0. The molecule has 0 radical (unpaired) electrons. The summed E-state index contributed by atoms with van der Waals surface area (Å²) in [5.41, 5.74) is -0.913. The molecular weight excluding hydrogens is 358 g/mol. The van der Waals surface area contributed by atoms with Gasteiger partial charge in [0.1, 0.15) is 18.3 Å². The Bertz CT molecular complexity index is 590. The van der Waals surface area contributed by atoms with Crippen molar-refractivity contribution in [2.75, 3.05) is 20.1 Å². The van der Waals surface area contributed by atoms with Gasteiger partial charge in [0.15, 0.2) is 5.96 Å². The minimum Gasteiger partial charge on any atom is -0.444 e. The summed E-state index contributed by atoms with van der Waals surface area (Å²) in [5.74, 6) is 0.724. The highest BCUT2D eigenvalue weighted by Crippen LogP contribution is 2.16. The molecule has 0 saturated heterocycles. The Kier molecular flexibility index (Phi) is 9.75. The first-order valence-corrected chi connectivity index (χ1v) is 10.0. The number of carbonyl (C=O) groups is 1. The Labute approximate surface area is 168 Å². The first-order chi connectivity index (χ1) is 13.2. The van der Waals surface area contributed by atoms with Crippen LogP contribution < -0.4 is 16.0 Å². The Morgan fingerprint density at radius 2 is 1.75 bits per heavy atom. The van der Waals surface area contributed by atoms with Crippen molar-refractivity contribution in [3.05, 3.63) is 12.7 Å². The van der Waals surface area contributed by atoms with E-state index in [1.54, 1.807) is 19.7 Å². The lowest BCUT2D eigenvalue weighted by molar-refractivity contribution is 0.0448. The van der Waals surface area contributed by atoms with Crippen molar-refractivity contribution < 1.29 is 9.53 Å². The fraction of sp³-hybridized carbons (Fsp3) is 0.789. The lowest BCUT2D eigenvalue weighted by Gasteiger charge is -2.34. The molecule has 1 rings (SSSR count). The van der Waals surface area contributed by atoms with E-state index in [4.69, 9.17) is 4.74 Å². The number of unbranched alkanes of at least 4 members (excludes halogenated alkanes) is 1. The molecule has 0 fully saturated rings. The van der Waals surface area contributed by atoms with E-state index in [0.717, 1.165) is 44.7 Å². The topological polar surface area (TPSA) is 105 Å². The highest BCUT2D eigenvalue weighted by molar-refractivity contribution is 5.79. The summed E-state index contributed by atoms with van der Waals surface area (Å²) in [6, 6.07) is 0. The van der Waals surface area contributed by atoms with Gasteiger partial charge in [-0.1, -0.05) is 13.8 Å². The zero-order valence-electron chi connectivity index (χ0n) is 18.2. The van der Waals surface area contributed by atoms with Gasteiger partial charge >= 0.3 is 6.09 Å². The van der Waals surface area contributed by atoms with Crippen molar-refractivity contribution in [1.82, 2.24) is 30.7 Å². The molecule has 0 bridgehead atoms. The zero-order chi connectivity index (χ0) is 21.0. The Balaban J connectivity index is 2.42. The third-order valence-corrected chi connectivity index (χ3v) is 4.54. The quantitative estimate of drug-likeness (QED) is 0.319. The number of nitrogens with zero attached hydrogens (tertiary/aromatic N) is 4. The predicted octanol–water partition coefficient (Wildman–Crippen LogP) is 2.31. The highest BCUT2D eigenvalue weighted by Gasteiger charge is 2.30. The number of aliphatic imine (C=N–C) groups is 1. The molecule has 0 unspecified atom stereocenters. The monoisotopic (exact) mass is 395 g/mol. The van der Waals surface area contributed by atoms with Crippen molar-refractivity contribution in [3.63, 3.8) is 0 Å². The number of amides is 1. The largest absolute Gasteiger partial charge is 0.444 e. The number of hydrogen-bond acceptors (Lipinski definition) is 5. The van der Waals surface area contributed by atoms with Gasteiger partial charge in [0.2, 0.25) is 0 Å². The van der Waals surface area contributed by atoms with Crippen LogP contribution >= 0.6 is 0 Å². The minimum atomic E-state index is -0.519. The normalized spacial score (nSPS) is 12.6. The van der Waals surface area contributed by atoms with E-state index in [9.17, 15) is 4.79 Å². The summed E-state index contributed by atoms with van der Waals surface area (Å²) in [7, 11) is 1.74. The number of rotatable bonds is 10. The third kappa shape index (κ3) is 9.05. The number of hydrogen-bond donors (Lipinski definition) is 3. The minimum absolute atomic E-state index is 0.394. The van der Waals surface area contributed by atoms with Gasteiger partial charge < -0.3 is 25.3 Å². The van der Waals surface area contributed by atoms with E-state index in [-0.39, 0.29) is 0 Å². The van der Waals surface area contributed by atoms with Crippen LogP contribution in [0.1, 0.15) is 60.3 Å². The van der Waals surface area contributed by atoms with Gasteiger partial charge in [-0.05, 0) is 46.5 Å². The molecule has 9 nitrogen and oxygen atoms in total. The molecule has 0 atom stereocenters. The fourth-order valence-electron chi connectivity index (χ4n) is 2.68. The number of guanidine groups is 1. The van der Waals surface area contributed by atoms with Crippen molar-refractivity contribution in [2.45, 2.75) is 78.0 Å². The maximum Gasteiger partial charge on any atom is 0.408 e. The second-order valence-electron chi connectivity index (χ2n) is 7.87. The number of carbonyl (C=O) groups excluding carboxylic acids is 1. The lowest BCUT2D eigenvalue weighted by Crippen LogP contribution is -2.57. The van der Waals surface area contributed by atoms with Gasteiger partial charge in [-0.2, -0.15) is 0 Å². The molecule has 9 heteroatoms. The second kappa shape index (κ2) is 11.5. The van der Waals surface area contributed by atoms with Gasteiger partial charge in [-0.25, -0.2) is 4.79 Å². The Morgan fingerprint density at radius 3 is 2.29 bits per heavy atom. The lowest BCUT2D eigenvalue weighted by atomic mass is 9.93. The first-order valence-electron chi connectivity index (χ1n) is 10.0. The average Bonchev–Trinajstić information content (AvgIpc) is 3.14. The third-order valence-electron chi connectivity index (χ3n) is 4.54.